The fourth-order valence-corrected chi connectivity index (χ4v) is 12.3. The van der Waals surface area contributed by atoms with Gasteiger partial charge in [0.25, 0.3) is 0 Å². The first-order valence-electron chi connectivity index (χ1n) is 38.0. The SMILES string of the molecule is CC/C=C\C/C=C\C/C=C\C/C=C\C/C=C\C/C=C\CCC(=O)NC(COC1OC(CO)C(OC2OC(CO)C(OC3OC(CO)C(O)C(O)C3O)C(O)C2O)C(O)C1O)C(O)/C=C/CC/C=C/CCCCCCCCCCCCCCCCCCCCCCCCCCCCC. The maximum atomic E-state index is 13.4. The quantitative estimate of drug-likeness (QED) is 0.0199. The molecule has 0 aliphatic carbocycles. The molecule has 19 nitrogen and oxygen atoms in total. The zero-order valence-corrected chi connectivity index (χ0v) is 59.5. The lowest BCUT2D eigenvalue weighted by Crippen LogP contribution is -2.66. The van der Waals surface area contributed by atoms with Crippen LogP contribution < -0.4 is 5.32 Å². The molecular formula is C78H135NO18. The van der Waals surface area contributed by atoms with Crippen LogP contribution in [0.25, 0.3) is 0 Å². The third-order valence-electron chi connectivity index (χ3n) is 18.4. The number of allylic oxidation sites excluding steroid dienone is 15. The summed E-state index contributed by atoms with van der Waals surface area (Å²) >= 11 is 0. The van der Waals surface area contributed by atoms with Gasteiger partial charge in [-0.15, -0.1) is 0 Å². The minimum atomic E-state index is -1.99. The summed E-state index contributed by atoms with van der Waals surface area (Å²) in [7, 11) is 0. The van der Waals surface area contributed by atoms with Gasteiger partial charge in [-0.25, -0.2) is 0 Å². The van der Waals surface area contributed by atoms with Crippen LogP contribution in [0.15, 0.2) is 97.2 Å². The first kappa shape index (κ1) is 87.9. The predicted octanol–water partition coefficient (Wildman–Crippen LogP) is 11.6. The van der Waals surface area contributed by atoms with Crippen LogP contribution >= 0.6 is 0 Å². The highest BCUT2D eigenvalue weighted by Crippen LogP contribution is 2.33. The number of hydrogen-bond acceptors (Lipinski definition) is 18. The number of carbonyl (C=O) groups excluding carboxylic acids is 1. The van der Waals surface area contributed by atoms with Gasteiger partial charge in [-0.2, -0.15) is 0 Å². The number of aliphatic hydroxyl groups is 11. The van der Waals surface area contributed by atoms with Crippen LogP contribution in [0.1, 0.15) is 258 Å². The monoisotopic (exact) mass is 1370 g/mol. The second-order valence-electron chi connectivity index (χ2n) is 26.7. The van der Waals surface area contributed by atoms with Crippen LogP contribution in [-0.4, -0.2) is 193 Å². The molecule has 0 saturated carbocycles. The molecule has 0 aromatic heterocycles. The van der Waals surface area contributed by atoms with Crippen molar-refractivity contribution in [2.24, 2.45) is 0 Å². The largest absolute Gasteiger partial charge is 0.394 e. The van der Waals surface area contributed by atoms with Gasteiger partial charge < -0.3 is 89.9 Å². The van der Waals surface area contributed by atoms with Crippen molar-refractivity contribution in [3.63, 3.8) is 0 Å². The van der Waals surface area contributed by atoms with Crippen molar-refractivity contribution in [1.29, 1.82) is 0 Å². The van der Waals surface area contributed by atoms with Gasteiger partial charge in [0.05, 0.1) is 38.6 Å². The lowest BCUT2D eigenvalue weighted by molar-refractivity contribution is -0.379. The summed E-state index contributed by atoms with van der Waals surface area (Å²) in [6, 6.07) is -1.04. The Morgan fingerprint density at radius 2 is 0.722 bits per heavy atom. The molecule has 3 saturated heterocycles. The standard InChI is InChI=1S/C78H135NO18/c1-3-5-7-9-11-13-15-17-19-21-23-24-25-26-27-28-29-30-31-32-33-34-35-36-38-39-41-43-45-47-49-51-53-55-62(83)61(79-66(84)56-54-52-50-48-46-44-42-40-37-22-20-18-16-14-12-10-8-6-4-2)60-92-76-72(90)69(87)74(64(58-81)94-76)97-78-73(91)70(88)75(65(59-82)95-78)96-77-71(89)68(86)67(85)63(57-80)93-77/h6,8,12,14,18,20,37,40,44-47,50,52-53,55,61-65,67-78,80-83,85-91H,3-5,7,9-11,13,15-17,19,21-36,38-39,41-43,48-49,51,54,56-60H2,1-2H3,(H,79,84)/b8-6-,14-12-,20-18-,40-37-,46-44-,47-45+,52-50-,55-53+. The molecule has 0 bridgehead atoms. The van der Waals surface area contributed by atoms with Crippen molar-refractivity contribution < 1.29 is 89.4 Å². The molecule has 0 aromatic rings. The Bertz CT molecular complexity index is 2130. The van der Waals surface area contributed by atoms with Crippen molar-refractivity contribution in [3.05, 3.63) is 97.2 Å². The Morgan fingerprint density at radius 1 is 0.381 bits per heavy atom. The second-order valence-corrected chi connectivity index (χ2v) is 26.7. The number of carbonyl (C=O) groups is 1. The lowest BCUT2D eigenvalue weighted by atomic mass is 9.96. The van der Waals surface area contributed by atoms with E-state index < -0.39 is 131 Å². The van der Waals surface area contributed by atoms with Gasteiger partial charge in [-0.3, -0.25) is 4.79 Å². The number of amides is 1. The highest BCUT2D eigenvalue weighted by Gasteiger charge is 2.53. The predicted molar refractivity (Wildman–Crippen MR) is 383 cm³/mol. The third-order valence-corrected chi connectivity index (χ3v) is 18.4. The summed E-state index contributed by atoms with van der Waals surface area (Å²) < 4.78 is 34.3. The molecule has 3 aliphatic rings. The van der Waals surface area contributed by atoms with Crippen molar-refractivity contribution in [2.45, 2.75) is 362 Å². The van der Waals surface area contributed by atoms with Crippen molar-refractivity contribution in [1.82, 2.24) is 5.32 Å². The van der Waals surface area contributed by atoms with Crippen LogP contribution in [0.5, 0.6) is 0 Å². The average molecular weight is 1370 g/mol. The van der Waals surface area contributed by atoms with E-state index in [1.165, 1.54) is 167 Å². The molecule has 0 aromatic carbocycles. The minimum absolute atomic E-state index is 0.105. The highest BCUT2D eigenvalue weighted by atomic mass is 16.8. The summed E-state index contributed by atoms with van der Waals surface area (Å²) in [5.74, 6) is -0.369. The Morgan fingerprint density at radius 3 is 1.14 bits per heavy atom. The van der Waals surface area contributed by atoms with E-state index in [1.807, 2.05) is 18.2 Å². The third kappa shape index (κ3) is 39.1. The van der Waals surface area contributed by atoms with Crippen molar-refractivity contribution in [2.75, 3.05) is 26.4 Å². The van der Waals surface area contributed by atoms with Gasteiger partial charge in [0.1, 0.15) is 73.2 Å². The zero-order valence-electron chi connectivity index (χ0n) is 59.5. The van der Waals surface area contributed by atoms with E-state index in [4.69, 9.17) is 28.4 Å². The molecule has 97 heavy (non-hydrogen) atoms. The van der Waals surface area contributed by atoms with Crippen LogP contribution in [0, 0.1) is 0 Å². The van der Waals surface area contributed by atoms with E-state index in [0.717, 1.165) is 51.4 Å². The van der Waals surface area contributed by atoms with E-state index in [2.05, 4.69) is 92.1 Å². The molecule has 19 heteroatoms. The minimum Gasteiger partial charge on any atom is -0.394 e. The van der Waals surface area contributed by atoms with Gasteiger partial charge in [0, 0.05) is 6.42 Å². The summed E-state index contributed by atoms with van der Waals surface area (Å²) in [5.41, 5.74) is 0. The van der Waals surface area contributed by atoms with Crippen LogP contribution in [0.2, 0.25) is 0 Å². The topological polar surface area (TPSA) is 307 Å². The molecule has 1 amide bonds. The smallest absolute Gasteiger partial charge is 0.220 e. The molecule has 17 atom stereocenters. The van der Waals surface area contributed by atoms with E-state index in [1.54, 1.807) is 6.08 Å². The van der Waals surface area contributed by atoms with E-state index in [-0.39, 0.29) is 12.3 Å². The molecule has 0 radical (unpaired) electrons. The first-order valence-corrected chi connectivity index (χ1v) is 38.0. The summed E-state index contributed by atoms with van der Waals surface area (Å²) in [5, 5.41) is 121. The molecule has 560 valence electrons. The number of ether oxygens (including phenoxy) is 6. The first-order chi connectivity index (χ1) is 47.3. The zero-order chi connectivity index (χ0) is 70.4. The van der Waals surface area contributed by atoms with E-state index >= 15 is 0 Å². The Kier molecular flexibility index (Phi) is 52.8. The number of unbranched alkanes of at least 4 members (excludes halogenated alkanes) is 28. The Balaban J connectivity index is 1.41. The van der Waals surface area contributed by atoms with Crippen LogP contribution in [0.4, 0.5) is 0 Å². The molecule has 3 heterocycles. The number of hydrogen-bond donors (Lipinski definition) is 12. The lowest BCUT2D eigenvalue weighted by Gasteiger charge is -2.48. The van der Waals surface area contributed by atoms with Crippen molar-refractivity contribution in [3.8, 4) is 0 Å². The molecule has 0 spiro atoms. The highest BCUT2D eigenvalue weighted by molar-refractivity contribution is 5.76. The van der Waals surface area contributed by atoms with E-state index in [9.17, 15) is 61.0 Å². The fourth-order valence-electron chi connectivity index (χ4n) is 12.3. The average Bonchev–Trinajstić information content (AvgIpc) is 0.795. The number of nitrogens with one attached hydrogen (secondary N) is 1. The Labute approximate surface area is 583 Å². The fraction of sp³-hybridized carbons (Fsp3) is 0.782. The number of rotatable bonds is 58. The molecule has 3 fully saturated rings. The summed E-state index contributed by atoms with van der Waals surface area (Å²) in [6.45, 7) is 1.56. The van der Waals surface area contributed by atoms with Gasteiger partial charge in [-0.05, 0) is 70.6 Å². The molecular weight excluding hydrogens is 1240 g/mol. The van der Waals surface area contributed by atoms with E-state index in [0.29, 0.717) is 19.3 Å². The molecule has 12 N–H and O–H groups in total. The Hall–Kier alpha value is -3.29. The van der Waals surface area contributed by atoms with Gasteiger partial charge in [0.2, 0.25) is 5.91 Å². The maximum Gasteiger partial charge on any atom is 0.220 e. The van der Waals surface area contributed by atoms with Gasteiger partial charge >= 0.3 is 0 Å². The summed E-state index contributed by atoms with van der Waals surface area (Å²) in [4.78, 5) is 13.4. The van der Waals surface area contributed by atoms with Gasteiger partial charge in [-0.1, -0.05) is 278 Å². The maximum absolute atomic E-state index is 13.4. The molecule has 3 aliphatic heterocycles. The van der Waals surface area contributed by atoms with Crippen LogP contribution in [-0.2, 0) is 33.2 Å². The molecule has 17 unspecified atom stereocenters. The molecule has 3 rings (SSSR count). The summed E-state index contributed by atoms with van der Waals surface area (Å²) in [6.07, 6.45) is 51.4. The normalized spacial score (nSPS) is 27.5. The van der Waals surface area contributed by atoms with Crippen molar-refractivity contribution >= 4 is 5.91 Å². The van der Waals surface area contributed by atoms with Crippen LogP contribution in [0.3, 0.4) is 0 Å². The second kappa shape index (κ2) is 58.2. The van der Waals surface area contributed by atoms with Gasteiger partial charge in [0.15, 0.2) is 18.9 Å². The number of aliphatic hydroxyl groups excluding tert-OH is 11.